The number of rotatable bonds is 3. The molecule has 0 bridgehead atoms. The summed E-state index contributed by atoms with van der Waals surface area (Å²) in [5, 5.41) is 2.69. The Kier molecular flexibility index (Phi) is 3.75. The maximum atomic E-state index is 15.0. The highest BCUT2D eigenvalue weighted by atomic mass is 19.1. The number of hydrogen-bond donors (Lipinski definition) is 1. The van der Waals surface area contributed by atoms with Gasteiger partial charge in [0.1, 0.15) is 11.9 Å². The van der Waals surface area contributed by atoms with E-state index in [0.717, 1.165) is 16.8 Å². The Balaban J connectivity index is 1.42. The van der Waals surface area contributed by atoms with Gasteiger partial charge in [-0.3, -0.25) is 14.7 Å². The third-order valence-corrected chi connectivity index (χ3v) is 5.63. The molecule has 0 saturated carbocycles. The Morgan fingerprint density at radius 1 is 1.32 bits per heavy atom. The Morgan fingerprint density at radius 2 is 2.18 bits per heavy atom. The van der Waals surface area contributed by atoms with Crippen LogP contribution in [0.1, 0.15) is 23.7 Å². The second-order valence-corrected chi connectivity index (χ2v) is 7.40. The third kappa shape index (κ3) is 2.59. The molecule has 1 aromatic carbocycles. The van der Waals surface area contributed by atoms with E-state index in [2.05, 4.69) is 10.3 Å². The van der Waals surface area contributed by atoms with Crippen LogP contribution in [0.15, 0.2) is 30.5 Å². The van der Waals surface area contributed by atoms with Gasteiger partial charge in [0, 0.05) is 25.7 Å². The molecule has 1 N–H and O–H groups in total. The van der Waals surface area contributed by atoms with Gasteiger partial charge in [-0.1, -0.05) is 6.07 Å². The Labute approximate surface area is 161 Å². The van der Waals surface area contributed by atoms with E-state index in [1.54, 1.807) is 6.20 Å². The van der Waals surface area contributed by atoms with Gasteiger partial charge in [-0.25, -0.2) is 9.18 Å². The monoisotopic (exact) mass is 382 g/mol. The van der Waals surface area contributed by atoms with Gasteiger partial charge in [0.05, 0.1) is 36.2 Å². The minimum absolute atomic E-state index is 0.180. The van der Waals surface area contributed by atoms with Crippen molar-refractivity contribution in [3.63, 3.8) is 0 Å². The van der Waals surface area contributed by atoms with Crippen molar-refractivity contribution < 1.29 is 18.7 Å². The van der Waals surface area contributed by atoms with Crippen molar-refractivity contribution in [1.29, 1.82) is 0 Å². The minimum atomic E-state index is -0.496. The molecule has 5 rings (SSSR count). The first kappa shape index (κ1) is 17.0. The second kappa shape index (κ2) is 6.19. The molecule has 8 heteroatoms. The number of fused-ring (bicyclic) bond motifs is 4. The van der Waals surface area contributed by atoms with Crippen LogP contribution in [0.25, 0.3) is 0 Å². The lowest BCUT2D eigenvalue weighted by molar-refractivity contribution is -0.119. The van der Waals surface area contributed by atoms with E-state index in [1.807, 2.05) is 23.1 Å². The molecule has 2 aromatic rings. The van der Waals surface area contributed by atoms with Crippen LogP contribution in [0.5, 0.6) is 0 Å². The van der Waals surface area contributed by atoms with E-state index in [9.17, 15) is 14.0 Å². The highest BCUT2D eigenvalue weighted by Gasteiger charge is 2.48. The molecule has 2 atom stereocenters. The Bertz CT molecular complexity index is 970. The number of ether oxygens (including phenoxy) is 1. The van der Waals surface area contributed by atoms with Crippen molar-refractivity contribution in [2.45, 2.75) is 38.6 Å². The molecule has 144 valence electrons. The van der Waals surface area contributed by atoms with Gasteiger partial charge < -0.3 is 15.0 Å². The van der Waals surface area contributed by atoms with Crippen LogP contribution in [0.3, 0.4) is 0 Å². The average Bonchev–Trinajstić information content (AvgIpc) is 3.32. The van der Waals surface area contributed by atoms with Crippen LogP contribution in [-0.4, -0.2) is 35.7 Å². The standard InChI is InChI=1S/C20H19FN4O3/c1-11(26)23-8-19-18-6-13-5-17(14(21)7-16(13)25(18)20(27)28-19)24-9-12-3-2-4-22-15(12)10-24/h2-5,7,18-19H,6,8-10H2,1H3,(H,23,26)/t18-,19-/m0/s1. The molecule has 2 amide bonds. The predicted molar refractivity (Wildman–Crippen MR) is 99.4 cm³/mol. The fourth-order valence-corrected chi connectivity index (χ4v) is 4.31. The molecule has 4 heterocycles. The molecule has 1 aromatic heterocycles. The number of hydrogen-bond acceptors (Lipinski definition) is 5. The number of benzene rings is 1. The van der Waals surface area contributed by atoms with E-state index in [-0.39, 0.29) is 24.3 Å². The summed E-state index contributed by atoms with van der Waals surface area (Å²) < 4.78 is 20.3. The third-order valence-electron chi connectivity index (χ3n) is 5.63. The van der Waals surface area contributed by atoms with Gasteiger partial charge in [-0.2, -0.15) is 0 Å². The molecular weight excluding hydrogens is 363 g/mol. The quantitative estimate of drug-likeness (QED) is 0.880. The van der Waals surface area contributed by atoms with Crippen molar-refractivity contribution in [2.75, 3.05) is 16.3 Å². The van der Waals surface area contributed by atoms with Crippen molar-refractivity contribution in [3.8, 4) is 0 Å². The molecule has 3 aliphatic rings. The molecule has 7 nitrogen and oxygen atoms in total. The summed E-state index contributed by atoms with van der Waals surface area (Å²) in [6.07, 6.45) is 1.37. The van der Waals surface area contributed by atoms with Crippen LogP contribution in [-0.2, 0) is 29.0 Å². The molecule has 0 spiro atoms. The molecule has 0 radical (unpaired) electrons. The summed E-state index contributed by atoms with van der Waals surface area (Å²) in [4.78, 5) is 31.4. The fourth-order valence-electron chi connectivity index (χ4n) is 4.31. The van der Waals surface area contributed by atoms with Crippen molar-refractivity contribution >= 4 is 23.4 Å². The zero-order chi connectivity index (χ0) is 19.4. The number of anilines is 2. The normalized spacial score (nSPS) is 22.0. The van der Waals surface area contributed by atoms with E-state index in [4.69, 9.17) is 4.74 Å². The van der Waals surface area contributed by atoms with Gasteiger partial charge in [-0.15, -0.1) is 0 Å². The van der Waals surface area contributed by atoms with Gasteiger partial charge in [0.2, 0.25) is 5.91 Å². The zero-order valence-electron chi connectivity index (χ0n) is 15.3. The van der Waals surface area contributed by atoms with Crippen LogP contribution in [0, 0.1) is 5.82 Å². The lowest BCUT2D eigenvalue weighted by Gasteiger charge is -2.20. The molecule has 1 fully saturated rings. The highest BCUT2D eigenvalue weighted by Crippen LogP contribution is 2.42. The first-order chi connectivity index (χ1) is 13.5. The van der Waals surface area contributed by atoms with Crippen molar-refractivity contribution in [2.24, 2.45) is 0 Å². The fraction of sp³-hybridized carbons (Fsp3) is 0.350. The number of nitrogens with one attached hydrogen (secondary N) is 1. The van der Waals surface area contributed by atoms with Crippen LogP contribution in [0.2, 0.25) is 0 Å². The molecule has 0 aliphatic carbocycles. The van der Waals surface area contributed by atoms with Gasteiger partial charge in [0.25, 0.3) is 0 Å². The average molecular weight is 382 g/mol. The number of carbonyl (C=O) groups excluding carboxylic acids is 2. The Morgan fingerprint density at radius 3 is 2.96 bits per heavy atom. The van der Waals surface area contributed by atoms with E-state index >= 15 is 0 Å². The van der Waals surface area contributed by atoms with Crippen LogP contribution in [0.4, 0.5) is 20.6 Å². The van der Waals surface area contributed by atoms with E-state index < -0.39 is 12.2 Å². The van der Waals surface area contributed by atoms with Crippen molar-refractivity contribution in [1.82, 2.24) is 10.3 Å². The summed E-state index contributed by atoms with van der Waals surface area (Å²) in [6, 6.07) is 6.91. The first-order valence-electron chi connectivity index (χ1n) is 9.25. The molecule has 3 aliphatic heterocycles. The lowest BCUT2D eigenvalue weighted by Crippen LogP contribution is -2.40. The molecule has 28 heavy (non-hydrogen) atoms. The number of aromatic nitrogens is 1. The number of carbonyl (C=O) groups is 2. The largest absolute Gasteiger partial charge is 0.442 e. The zero-order valence-corrected chi connectivity index (χ0v) is 15.3. The summed E-state index contributed by atoms with van der Waals surface area (Å²) in [5.74, 6) is -0.550. The maximum absolute atomic E-state index is 15.0. The lowest BCUT2D eigenvalue weighted by atomic mass is 10.0. The maximum Gasteiger partial charge on any atom is 0.415 e. The summed E-state index contributed by atoms with van der Waals surface area (Å²) >= 11 is 0. The predicted octanol–water partition coefficient (Wildman–Crippen LogP) is 2.13. The summed E-state index contributed by atoms with van der Waals surface area (Å²) in [6.45, 7) is 2.84. The first-order valence-corrected chi connectivity index (χ1v) is 9.25. The highest BCUT2D eigenvalue weighted by molar-refractivity contribution is 5.94. The summed E-state index contributed by atoms with van der Waals surface area (Å²) in [7, 11) is 0. The molecule has 1 saturated heterocycles. The number of amides is 2. The smallest absolute Gasteiger partial charge is 0.415 e. The summed E-state index contributed by atoms with van der Waals surface area (Å²) in [5.41, 5.74) is 4.04. The molecular formula is C20H19FN4O3. The Hall–Kier alpha value is -3.16. The van der Waals surface area contributed by atoms with Gasteiger partial charge >= 0.3 is 6.09 Å². The molecule has 0 unspecified atom stereocenters. The van der Waals surface area contributed by atoms with E-state index in [1.165, 1.54) is 17.9 Å². The van der Waals surface area contributed by atoms with Gasteiger partial charge in [-0.05, 0) is 29.7 Å². The van der Waals surface area contributed by atoms with E-state index in [0.29, 0.717) is 30.9 Å². The second-order valence-electron chi connectivity index (χ2n) is 7.40. The van der Waals surface area contributed by atoms with Gasteiger partial charge in [0.15, 0.2) is 0 Å². The number of cyclic esters (lactones) is 1. The number of nitrogens with zero attached hydrogens (tertiary/aromatic N) is 3. The number of pyridine rings is 1. The van der Waals surface area contributed by atoms with Crippen molar-refractivity contribution in [3.05, 3.63) is 53.1 Å². The minimum Gasteiger partial charge on any atom is -0.442 e. The van der Waals surface area contributed by atoms with Crippen LogP contribution >= 0.6 is 0 Å². The number of halogens is 1. The topological polar surface area (TPSA) is 74.8 Å². The van der Waals surface area contributed by atoms with Crippen LogP contribution < -0.4 is 15.1 Å². The SMILES string of the molecule is CC(=O)NC[C@@H]1OC(=O)N2c3cc(F)c(N4Cc5cccnc5C4)cc3C[C@@H]12.